The molecule has 3 heterocycles. The lowest BCUT2D eigenvalue weighted by Gasteiger charge is -2.35. The summed E-state index contributed by atoms with van der Waals surface area (Å²) in [5.74, 6) is -0.0904. The molecule has 1 aliphatic heterocycles. The molecule has 0 radical (unpaired) electrons. The number of nitrogens with zero attached hydrogens (tertiary/aromatic N) is 5. The summed E-state index contributed by atoms with van der Waals surface area (Å²) < 4.78 is 1.53. The standard InChI is InChI=1S/C17H15Cl2N5O/c18-12-2-1-3-13(10-12)22-6-8-23(9-7-22)17(25)14-11-24-16(20-14)5-4-15(19)21-24/h1-5,10-11H,6-9H2. The van der Waals surface area contributed by atoms with Crippen LogP contribution in [0.3, 0.4) is 0 Å². The maximum absolute atomic E-state index is 12.7. The number of benzene rings is 1. The highest BCUT2D eigenvalue weighted by Gasteiger charge is 2.24. The van der Waals surface area contributed by atoms with Gasteiger partial charge < -0.3 is 9.80 Å². The number of hydrogen-bond acceptors (Lipinski definition) is 4. The molecule has 0 atom stereocenters. The fraction of sp³-hybridized carbons (Fsp3) is 0.235. The van der Waals surface area contributed by atoms with Gasteiger partial charge in [-0.3, -0.25) is 4.79 Å². The summed E-state index contributed by atoms with van der Waals surface area (Å²) in [6, 6.07) is 11.2. The number of amides is 1. The highest BCUT2D eigenvalue weighted by Crippen LogP contribution is 2.21. The predicted octanol–water partition coefficient (Wildman–Crippen LogP) is 3.00. The number of halogens is 2. The fourth-order valence-electron chi connectivity index (χ4n) is 2.96. The minimum Gasteiger partial charge on any atom is -0.368 e. The molecule has 1 aromatic carbocycles. The minimum absolute atomic E-state index is 0.0904. The first-order valence-electron chi connectivity index (χ1n) is 7.92. The zero-order valence-electron chi connectivity index (χ0n) is 13.3. The van der Waals surface area contributed by atoms with Crippen molar-refractivity contribution in [3.8, 4) is 0 Å². The Morgan fingerprint density at radius 2 is 1.84 bits per heavy atom. The van der Waals surface area contributed by atoms with Crippen molar-refractivity contribution in [2.75, 3.05) is 31.1 Å². The maximum atomic E-state index is 12.7. The number of rotatable bonds is 2. The Labute approximate surface area is 154 Å². The molecular formula is C17H15Cl2N5O. The van der Waals surface area contributed by atoms with Crippen LogP contribution in [0, 0.1) is 0 Å². The van der Waals surface area contributed by atoms with Gasteiger partial charge in [-0.25, -0.2) is 9.50 Å². The minimum atomic E-state index is -0.0904. The van der Waals surface area contributed by atoms with Crippen LogP contribution in [-0.4, -0.2) is 51.6 Å². The van der Waals surface area contributed by atoms with Crippen molar-refractivity contribution in [2.45, 2.75) is 0 Å². The smallest absolute Gasteiger partial charge is 0.274 e. The average molecular weight is 376 g/mol. The van der Waals surface area contributed by atoms with Gasteiger partial charge in [-0.05, 0) is 30.3 Å². The molecule has 1 amide bonds. The van der Waals surface area contributed by atoms with E-state index in [0.29, 0.717) is 34.6 Å². The van der Waals surface area contributed by atoms with Crippen LogP contribution in [0.1, 0.15) is 10.5 Å². The van der Waals surface area contributed by atoms with Crippen LogP contribution in [0.4, 0.5) is 5.69 Å². The van der Waals surface area contributed by atoms with Crippen LogP contribution in [0.15, 0.2) is 42.6 Å². The van der Waals surface area contributed by atoms with Crippen LogP contribution >= 0.6 is 23.2 Å². The lowest BCUT2D eigenvalue weighted by atomic mass is 10.2. The molecule has 0 bridgehead atoms. The SMILES string of the molecule is O=C(c1cn2nc(Cl)ccc2n1)N1CCN(c2cccc(Cl)c2)CC1. The van der Waals surface area contributed by atoms with E-state index in [1.807, 2.05) is 29.2 Å². The van der Waals surface area contributed by atoms with Crippen LogP contribution in [-0.2, 0) is 0 Å². The second kappa shape index (κ2) is 6.54. The summed E-state index contributed by atoms with van der Waals surface area (Å²) in [5.41, 5.74) is 2.06. The van der Waals surface area contributed by atoms with Gasteiger partial charge in [-0.1, -0.05) is 29.3 Å². The first-order valence-corrected chi connectivity index (χ1v) is 8.67. The van der Waals surface area contributed by atoms with E-state index in [2.05, 4.69) is 15.0 Å². The van der Waals surface area contributed by atoms with Crippen molar-refractivity contribution < 1.29 is 4.79 Å². The van der Waals surface area contributed by atoms with E-state index in [1.165, 1.54) is 4.52 Å². The number of carbonyl (C=O) groups excluding carboxylic acids is 1. The van der Waals surface area contributed by atoms with Crippen molar-refractivity contribution in [2.24, 2.45) is 0 Å². The molecule has 1 saturated heterocycles. The third-order valence-electron chi connectivity index (χ3n) is 4.25. The number of anilines is 1. The highest BCUT2D eigenvalue weighted by atomic mass is 35.5. The summed E-state index contributed by atoms with van der Waals surface area (Å²) in [6.07, 6.45) is 1.62. The van der Waals surface area contributed by atoms with E-state index in [9.17, 15) is 4.79 Å². The molecule has 6 nitrogen and oxygen atoms in total. The second-order valence-electron chi connectivity index (χ2n) is 5.84. The van der Waals surface area contributed by atoms with Gasteiger partial charge in [0.15, 0.2) is 5.65 Å². The molecule has 0 aliphatic carbocycles. The Balaban J connectivity index is 1.47. The number of aromatic nitrogens is 3. The van der Waals surface area contributed by atoms with Gasteiger partial charge in [0.2, 0.25) is 0 Å². The molecule has 0 spiro atoms. The lowest BCUT2D eigenvalue weighted by molar-refractivity contribution is 0.0741. The zero-order valence-corrected chi connectivity index (χ0v) is 14.8. The van der Waals surface area contributed by atoms with Crippen molar-refractivity contribution in [3.05, 3.63) is 58.5 Å². The van der Waals surface area contributed by atoms with Crippen molar-refractivity contribution in [1.29, 1.82) is 0 Å². The van der Waals surface area contributed by atoms with Crippen LogP contribution in [0.5, 0.6) is 0 Å². The van der Waals surface area contributed by atoms with Crippen molar-refractivity contribution in [1.82, 2.24) is 19.5 Å². The van der Waals surface area contributed by atoms with Gasteiger partial charge in [-0.15, -0.1) is 0 Å². The van der Waals surface area contributed by atoms with E-state index in [1.54, 1.807) is 18.3 Å². The van der Waals surface area contributed by atoms with E-state index < -0.39 is 0 Å². The second-order valence-corrected chi connectivity index (χ2v) is 6.67. The predicted molar refractivity (Wildman–Crippen MR) is 97.6 cm³/mol. The summed E-state index contributed by atoms with van der Waals surface area (Å²) in [7, 11) is 0. The van der Waals surface area contributed by atoms with Crippen LogP contribution < -0.4 is 4.90 Å². The van der Waals surface area contributed by atoms with Crippen molar-refractivity contribution in [3.63, 3.8) is 0 Å². The summed E-state index contributed by atoms with van der Waals surface area (Å²) in [4.78, 5) is 21.1. The van der Waals surface area contributed by atoms with E-state index in [-0.39, 0.29) is 5.91 Å². The molecule has 25 heavy (non-hydrogen) atoms. The van der Waals surface area contributed by atoms with Gasteiger partial charge in [0.25, 0.3) is 5.91 Å². The number of imidazole rings is 1. The molecule has 4 rings (SSSR count). The Hall–Kier alpha value is -2.31. The number of carbonyl (C=O) groups is 1. The largest absolute Gasteiger partial charge is 0.368 e. The van der Waals surface area contributed by atoms with Gasteiger partial charge in [0, 0.05) is 36.9 Å². The molecule has 2 aromatic heterocycles. The van der Waals surface area contributed by atoms with Gasteiger partial charge in [-0.2, -0.15) is 5.10 Å². The van der Waals surface area contributed by atoms with E-state index in [4.69, 9.17) is 23.2 Å². The molecule has 0 N–H and O–H groups in total. The van der Waals surface area contributed by atoms with Gasteiger partial charge in [0.1, 0.15) is 10.8 Å². The molecule has 0 saturated carbocycles. The number of hydrogen-bond donors (Lipinski definition) is 0. The summed E-state index contributed by atoms with van der Waals surface area (Å²) in [5, 5.41) is 5.19. The molecular weight excluding hydrogens is 361 g/mol. The molecule has 128 valence electrons. The molecule has 1 fully saturated rings. The summed E-state index contributed by atoms with van der Waals surface area (Å²) >= 11 is 11.9. The Bertz CT molecular complexity index is 934. The Morgan fingerprint density at radius 3 is 2.60 bits per heavy atom. The summed E-state index contributed by atoms with van der Waals surface area (Å²) in [6.45, 7) is 2.77. The molecule has 0 unspecified atom stereocenters. The van der Waals surface area contributed by atoms with E-state index >= 15 is 0 Å². The quantitative estimate of drug-likeness (QED) is 0.690. The van der Waals surface area contributed by atoms with Crippen LogP contribution in [0.2, 0.25) is 10.2 Å². The maximum Gasteiger partial charge on any atom is 0.274 e. The number of piperazine rings is 1. The first-order chi connectivity index (χ1) is 12.1. The number of fused-ring (bicyclic) bond motifs is 1. The fourth-order valence-corrected chi connectivity index (χ4v) is 3.29. The molecule has 1 aliphatic rings. The van der Waals surface area contributed by atoms with Crippen LogP contribution in [0.25, 0.3) is 5.65 Å². The lowest BCUT2D eigenvalue weighted by Crippen LogP contribution is -2.48. The Kier molecular flexibility index (Phi) is 4.23. The topological polar surface area (TPSA) is 53.7 Å². The third-order valence-corrected chi connectivity index (χ3v) is 4.68. The first kappa shape index (κ1) is 16.2. The molecule has 3 aromatic rings. The molecule has 8 heteroatoms. The third kappa shape index (κ3) is 3.27. The highest BCUT2D eigenvalue weighted by molar-refractivity contribution is 6.30. The average Bonchev–Trinajstić information content (AvgIpc) is 3.04. The van der Waals surface area contributed by atoms with Gasteiger partial charge >= 0.3 is 0 Å². The Morgan fingerprint density at radius 1 is 1.04 bits per heavy atom. The normalized spacial score (nSPS) is 15.0. The monoisotopic (exact) mass is 375 g/mol. The van der Waals surface area contributed by atoms with E-state index in [0.717, 1.165) is 18.8 Å². The van der Waals surface area contributed by atoms with Gasteiger partial charge in [0.05, 0.1) is 6.20 Å². The van der Waals surface area contributed by atoms with Crippen molar-refractivity contribution >= 4 is 40.4 Å². The zero-order chi connectivity index (χ0) is 17.4.